The lowest BCUT2D eigenvalue weighted by atomic mass is 10.1. The number of carbonyl (C=O) groups is 1. The van der Waals surface area contributed by atoms with Crippen LogP contribution in [0.1, 0.15) is 0 Å². The molecule has 0 aliphatic carbocycles. The predicted molar refractivity (Wildman–Crippen MR) is 126 cm³/mol. The molecular weight excluding hydrogens is 462 g/mol. The number of methoxy groups -OCH3 is 1. The van der Waals surface area contributed by atoms with E-state index in [0.29, 0.717) is 32.5 Å². The highest BCUT2D eigenvalue weighted by Gasteiger charge is 2.24. The highest BCUT2D eigenvalue weighted by atomic mass is 35.5. The fourth-order valence-electron chi connectivity index (χ4n) is 4.06. The summed E-state index contributed by atoms with van der Waals surface area (Å²) in [6.07, 6.45) is 1.72. The Kier molecular flexibility index (Phi) is 5.02. The third-order valence-corrected chi connectivity index (χ3v) is 5.83. The highest BCUT2D eigenvalue weighted by Crippen LogP contribution is 2.34. The van der Waals surface area contributed by atoms with Gasteiger partial charge >= 0.3 is 11.7 Å². The maximum absolute atomic E-state index is 13.3. The largest absolute Gasteiger partial charge is 0.495 e. The van der Waals surface area contributed by atoms with Crippen molar-refractivity contribution in [3.05, 3.63) is 80.6 Å². The Balaban J connectivity index is 1.97. The number of rotatable bonds is 5. The molecule has 0 aliphatic rings. The molecule has 0 saturated carbocycles. The number of halogens is 1. The van der Waals surface area contributed by atoms with Crippen LogP contribution in [-0.4, -0.2) is 41.3 Å². The molecule has 0 spiro atoms. The maximum Gasteiger partial charge on any atom is 0.333 e. The van der Waals surface area contributed by atoms with Crippen LogP contribution < -0.4 is 16.0 Å². The number of benzene rings is 2. The van der Waals surface area contributed by atoms with Gasteiger partial charge in [0.25, 0.3) is 5.56 Å². The van der Waals surface area contributed by atoms with Gasteiger partial charge in [-0.3, -0.25) is 23.1 Å². The summed E-state index contributed by atoms with van der Waals surface area (Å²) in [5, 5.41) is 9.68. The van der Waals surface area contributed by atoms with E-state index >= 15 is 0 Å². The molecule has 0 atom stereocenters. The Morgan fingerprint density at radius 3 is 2.56 bits per heavy atom. The van der Waals surface area contributed by atoms with E-state index in [4.69, 9.17) is 16.3 Å². The van der Waals surface area contributed by atoms with E-state index in [2.05, 4.69) is 4.98 Å². The molecule has 1 N–H and O–H groups in total. The van der Waals surface area contributed by atoms with Crippen LogP contribution in [0.5, 0.6) is 5.75 Å². The fraction of sp³-hybridized carbons (Fsp3) is 0.130. The minimum Gasteiger partial charge on any atom is -0.495 e. The summed E-state index contributed by atoms with van der Waals surface area (Å²) in [5.74, 6) is -0.455. The van der Waals surface area contributed by atoms with E-state index < -0.39 is 23.8 Å². The van der Waals surface area contributed by atoms with Crippen LogP contribution in [0.25, 0.3) is 33.9 Å². The summed E-state index contributed by atoms with van der Waals surface area (Å²) in [4.78, 5) is 41.9. The molecule has 0 amide bonds. The van der Waals surface area contributed by atoms with Gasteiger partial charge < -0.3 is 9.84 Å². The fourth-order valence-corrected chi connectivity index (χ4v) is 4.22. The van der Waals surface area contributed by atoms with Crippen molar-refractivity contribution in [2.75, 3.05) is 7.11 Å². The molecule has 34 heavy (non-hydrogen) atoms. The van der Waals surface area contributed by atoms with Crippen molar-refractivity contribution in [2.45, 2.75) is 6.54 Å². The number of hydrogen-bond acceptors (Lipinski definition) is 5. The van der Waals surface area contributed by atoms with Gasteiger partial charge in [0, 0.05) is 23.8 Å². The van der Waals surface area contributed by atoms with Crippen molar-refractivity contribution in [1.29, 1.82) is 0 Å². The second-order valence-corrected chi connectivity index (χ2v) is 8.05. The van der Waals surface area contributed by atoms with Crippen molar-refractivity contribution in [1.82, 2.24) is 23.1 Å². The van der Waals surface area contributed by atoms with E-state index in [9.17, 15) is 19.5 Å². The lowest BCUT2D eigenvalue weighted by molar-refractivity contribution is -0.137. The van der Waals surface area contributed by atoms with Crippen LogP contribution >= 0.6 is 11.6 Å². The van der Waals surface area contributed by atoms with Crippen LogP contribution in [0, 0.1) is 0 Å². The summed E-state index contributed by atoms with van der Waals surface area (Å²) < 4.78 is 10.7. The molecule has 5 aromatic rings. The van der Waals surface area contributed by atoms with Crippen LogP contribution in [0.3, 0.4) is 0 Å². The molecule has 2 aromatic carbocycles. The first-order chi connectivity index (χ1) is 16.3. The van der Waals surface area contributed by atoms with E-state index in [1.54, 1.807) is 33.4 Å². The lowest BCUT2D eigenvalue weighted by Crippen LogP contribution is -2.41. The molecule has 0 aliphatic heterocycles. The Hall–Kier alpha value is -4.31. The topological polar surface area (TPSA) is 113 Å². The second kappa shape index (κ2) is 7.92. The minimum atomic E-state index is -1.30. The van der Waals surface area contributed by atoms with Gasteiger partial charge in [-0.1, -0.05) is 41.9 Å². The van der Waals surface area contributed by atoms with Crippen molar-refractivity contribution < 1.29 is 14.6 Å². The number of nitrogens with zero attached hydrogens (tertiary/aromatic N) is 5. The molecule has 10 nitrogen and oxygen atoms in total. The van der Waals surface area contributed by atoms with Crippen LogP contribution in [-0.2, 0) is 18.4 Å². The Bertz CT molecular complexity index is 1710. The number of imidazole rings is 2. The van der Waals surface area contributed by atoms with Gasteiger partial charge in [-0.2, -0.15) is 4.98 Å². The number of carboxylic acid groups (broad SMARTS) is 1. The average Bonchev–Trinajstić information content (AvgIpc) is 3.37. The summed E-state index contributed by atoms with van der Waals surface area (Å²) in [5.41, 5.74) is 0.785. The second-order valence-electron chi connectivity index (χ2n) is 7.61. The lowest BCUT2D eigenvalue weighted by Gasteiger charge is -2.13. The van der Waals surface area contributed by atoms with E-state index in [1.807, 2.05) is 30.3 Å². The molecule has 172 valence electrons. The first kappa shape index (κ1) is 21.5. The normalized spacial score (nSPS) is 11.4. The number of ether oxygens (including phenoxy) is 1. The first-order valence-electron chi connectivity index (χ1n) is 10.2. The zero-order valence-electron chi connectivity index (χ0n) is 18.1. The molecule has 0 bridgehead atoms. The van der Waals surface area contributed by atoms with Gasteiger partial charge in [0.1, 0.15) is 12.3 Å². The Morgan fingerprint density at radius 1 is 1.15 bits per heavy atom. The van der Waals surface area contributed by atoms with E-state index in [-0.39, 0.29) is 11.2 Å². The SMILES string of the molecule is COc1ccc(Cl)cc1-n1c(-c2ccccc2)cn2c3c(=O)n(CC(=O)O)c(=O)n(C)c3nc12. The van der Waals surface area contributed by atoms with Crippen LogP contribution in [0.2, 0.25) is 5.02 Å². The van der Waals surface area contributed by atoms with E-state index in [0.717, 1.165) is 10.1 Å². The van der Waals surface area contributed by atoms with Gasteiger partial charge in [0.2, 0.25) is 5.78 Å². The molecule has 0 fully saturated rings. The van der Waals surface area contributed by atoms with Crippen molar-refractivity contribution in [2.24, 2.45) is 7.05 Å². The first-order valence-corrected chi connectivity index (χ1v) is 10.5. The predicted octanol–water partition coefficient (Wildman–Crippen LogP) is 2.55. The van der Waals surface area contributed by atoms with Gasteiger partial charge in [0.15, 0.2) is 11.2 Å². The smallest absolute Gasteiger partial charge is 0.333 e. The molecule has 0 saturated heterocycles. The van der Waals surface area contributed by atoms with Crippen molar-refractivity contribution >= 4 is 34.5 Å². The van der Waals surface area contributed by atoms with Crippen molar-refractivity contribution in [3.63, 3.8) is 0 Å². The Labute approximate surface area is 196 Å². The molecule has 0 unspecified atom stereocenters. The van der Waals surface area contributed by atoms with Crippen molar-refractivity contribution in [3.8, 4) is 22.7 Å². The van der Waals surface area contributed by atoms with Crippen LogP contribution in [0.15, 0.2) is 64.3 Å². The third kappa shape index (κ3) is 3.19. The molecule has 5 rings (SSSR count). The Morgan fingerprint density at radius 2 is 1.88 bits per heavy atom. The molecule has 3 heterocycles. The molecule has 11 heteroatoms. The summed E-state index contributed by atoms with van der Waals surface area (Å²) in [6.45, 7) is -0.761. The number of aliphatic carboxylic acids is 1. The molecular formula is C23H18ClN5O5. The summed E-state index contributed by atoms with van der Waals surface area (Å²) >= 11 is 6.31. The number of carboxylic acids is 1. The standard InChI is InChI=1S/C23H18ClN5O5/c1-26-20-19(21(32)28(23(26)33)12-18(30)31)27-11-16(13-6-4-3-5-7-13)29(22(27)25-20)15-10-14(24)8-9-17(15)34-2/h3-11H,12H2,1-2H3,(H,30,31). The monoisotopic (exact) mass is 479 g/mol. The molecule has 0 radical (unpaired) electrons. The van der Waals surface area contributed by atoms with E-state index in [1.165, 1.54) is 14.2 Å². The van der Waals surface area contributed by atoms with Gasteiger partial charge in [-0.15, -0.1) is 0 Å². The number of aryl methyl sites for hydroxylation is 1. The number of aromatic nitrogens is 5. The minimum absolute atomic E-state index is 0.0790. The quantitative estimate of drug-likeness (QED) is 0.414. The summed E-state index contributed by atoms with van der Waals surface area (Å²) in [6, 6.07) is 14.6. The zero-order chi connectivity index (χ0) is 24.1. The van der Waals surface area contributed by atoms with Gasteiger partial charge in [0.05, 0.1) is 18.5 Å². The summed E-state index contributed by atoms with van der Waals surface area (Å²) in [7, 11) is 2.98. The number of fused-ring (bicyclic) bond motifs is 3. The zero-order valence-corrected chi connectivity index (χ0v) is 18.9. The van der Waals surface area contributed by atoms with Gasteiger partial charge in [-0.05, 0) is 18.2 Å². The van der Waals surface area contributed by atoms with Gasteiger partial charge in [-0.25, -0.2) is 9.36 Å². The molecule has 3 aromatic heterocycles. The highest BCUT2D eigenvalue weighted by molar-refractivity contribution is 6.30. The number of hydrogen-bond donors (Lipinski definition) is 1. The van der Waals surface area contributed by atoms with Crippen LogP contribution in [0.4, 0.5) is 0 Å². The maximum atomic E-state index is 13.3. The average molecular weight is 480 g/mol. The third-order valence-electron chi connectivity index (χ3n) is 5.59.